The lowest BCUT2D eigenvalue weighted by Crippen LogP contribution is -3.00. The standard InChI is InChI=1S/C22H45NO2.BrH/c1-4-5-6-7-8-9-10-11-12-13-14-17-20-23(2,3)21-18-15-16-19-22(24)25;/h4-21H2,1-3H3;1H. The Labute approximate surface area is 174 Å². The second-order valence-corrected chi connectivity index (χ2v) is 8.48. The predicted molar refractivity (Wildman–Crippen MR) is 109 cm³/mol. The van der Waals surface area contributed by atoms with Gasteiger partial charge in [-0.3, -0.25) is 4.79 Å². The second-order valence-electron chi connectivity index (χ2n) is 8.48. The molecule has 0 saturated carbocycles. The first kappa shape index (κ1) is 28.1. The van der Waals surface area contributed by atoms with Crippen molar-refractivity contribution in [3.63, 3.8) is 0 Å². The van der Waals surface area contributed by atoms with Crippen molar-refractivity contribution in [1.29, 1.82) is 0 Å². The van der Waals surface area contributed by atoms with E-state index >= 15 is 0 Å². The van der Waals surface area contributed by atoms with Crippen LogP contribution in [-0.4, -0.2) is 42.7 Å². The molecule has 0 saturated heterocycles. The van der Waals surface area contributed by atoms with E-state index in [1.165, 1.54) is 90.1 Å². The van der Waals surface area contributed by atoms with Crippen LogP contribution in [0.15, 0.2) is 0 Å². The highest BCUT2D eigenvalue weighted by Gasteiger charge is 2.13. The number of halogens is 1. The molecule has 0 radical (unpaired) electrons. The average Bonchev–Trinajstić information content (AvgIpc) is 2.55. The Balaban J connectivity index is 0. The van der Waals surface area contributed by atoms with Crippen molar-refractivity contribution in [2.45, 2.75) is 110 Å². The van der Waals surface area contributed by atoms with Crippen LogP contribution in [-0.2, 0) is 4.79 Å². The van der Waals surface area contributed by atoms with Gasteiger partial charge in [0.15, 0.2) is 0 Å². The van der Waals surface area contributed by atoms with Crippen LogP contribution in [0.2, 0.25) is 0 Å². The minimum Gasteiger partial charge on any atom is -1.00 e. The zero-order valence-corrected chi connectivity index (χ0v) is 19.5. The van der Waals surface area contributed by atoms with E-state index in [1.807, 2.05) is 0 Å². The molecule has 0 rings (SSSR count). The fourth-order valence-electron chi connectivity index (χ4n) is 3.49. The Morgan fingerprint density at radius 2 is 1.00 bits per heavy atom. The number of aliphatic carboxylic acids is 1. The Morgan fingerprint density at radius 1 is 0.654 bits per heavy atom. The summed E-state index contributed by atoms with van der Waals surface area (Å²) >= 11 is 0. The van der Waals surface area contributed by atoms with Crippen molar-refractivity contribution in [3.8, 4) is 0 Å². The van der Waals surface area contributed by atoms with Gasteiger partial charge < -0.3 is 26.6 Å². The summed E-state index contributed by atoms with van der Waals surface area (Å²) in [7, 11) is 4.63. The van der Waals surface area contributed by atoms with Crippen LogP contribution in [0.3, 0.4) is 0 Å². The average molecular weight is 437 g/mol. The fourth-order valence-corrected chi connectivity index (χ4v) is 3.49. The molecule has 0 atom stereocenters. The predicted octanol–water partition coefficient (Wildman–Crippen LogP) is 3.41. The molecule has 0 aliphatic carbocycles. The first-order chi connectivity index (χ1) is 12.0. The molecule has 1 N–H and O–H groups in total. The fraction of sp³-hybridized carbons (Fsp3) is 0.955. The summed E-state index contributed by atoms with van der Waals surface area (Å²) < 4.78 is 1.09. The van der Waals surface area contributed by atoms with Crippen molar-refractivity contribution in [2.24, 2.45) is 0 Å². The van der Waals surface area contributed by atoms with Crippen molar-refractivity contribution in [1.82, 2.24) is 0 Å². The molecule has 4 heteroatoms. The van der Waals surface area contributed by atoms with Gasteiger partial charge in [-0.05, 0) is 32.1 Å². The van der Waals surface area contributed by atoms with Gasteiger partial charge in [-0.25, -0.2) is 0 Å². The third-order valence-electron chi connectivity index (χ3n) is 5.27. The largest absolute Gasteiger partial charge is 1.00 e. The van der Waals surface area contributed by atoms with E-state index in [0.717, 1.165) is 23.7 Å². The summed E-state index contributed by atoms with van der Waals surface area (Å²) in [5.74, 6) is -0.662. The highest BCUT2D eigenvalue weighted by molar-refractivity contribution is 5.66. The number of rotatable bonds is 19. The van der Waals surface area contributed by atoms with Crippen molar-refractivity contribution >= 4 is 5.97 Å². The highest BCUT2D eigenvalue weighted by Crippen LogP contribution is 2.13. The lowest BCUT2D eigenvalue weighted by Gasteiger charge is -2.30. The highest BCUT2D eigenvalue weighted by atomic mass is 79.9. The van der Waals surface area contributed by atoms with Gasteiger partial charge in [0.1, 0.15) is 0 Å². The Hall–Kier alpha value is -0.0900. The number of unbranched alkanes of at least 4 members (excludes halogenated alkanes) is 13. The smallest absolute Gasteiger partial charge is 0.303 e. The minimum absolute atomic E-state index is 0. The Bertz CT molecular complexity index is 309. The third kappa shape index (κ3) is 22.0. The summed E-state index contributed by atoms with van der Waals surface area (Å²) in [5, 5.41) is 8.65. The number of quaternary nitrogens is 1. The second kappa shape index (κ2) is 19.7. The van der Waals surface area contributed by atoms with Gasteiger partial charge in [-0.15, -0.1) is 0 Å². The molecular weight excluding hydrogens is 390 g/mol. The molecule has 0 aromatic heterocycles. The minimum atomic E-state index is -0.662. The van der Waals surface area contributed by atoms with E-state index < -0.39 is 5.97 Å². The number of carboxylic acid groups (broad SMARTS) is 1. The summed E-state index contributed by atoms with van der Waals surface area (Å²) in [4.78, 5) is 10.5. The number of hydrogen-bond donors (Lipinski definition) is 1. The van der Waals surface area contributed by atoms with Gasteiger partial charge in [-0.2, -0.15) is 0 Å². The van der Waals surface area contributed by atoms with Crippen molar-refractivity contribution < 1.29 is 31.4 Å². The number of carboxylic acids is 1. The van der Waals surface area contributed by atoms with E-state index in [9.17, 15) is 4.79 Å². The number of nitrogens with zero attached hydrogens (tertiary/aromatic N) is 1. The molecule has 0 aromatic rings. The maximum atomic E-state index is 10.5. The molecule has 0 heterocycles. The van der Waals surface area contributed by atoms with Gasteiger partial charge in [0.25, 0.3) is 0 Å². The lowest BCUT2D eigenvalue weighted by molar-refractivity contribution is -0.890. The van der Waals surface area contributed by atoms with E-state index in [2.05, 4.69) is 21.0 Å². The van der Waals surface area contributed by atoms with Gasteiger partial charge in [0.2, 0.25) is 0 Å². The lowest BCUT2D eigenvalue weighted by atomic mass is 10.1. The molecule has 0 aliphatic rings. The SMILES string of the molecule is CCCCCCCCCCCCCC[N+](C)(C)CCCCCC(=O)O.[Br-]. The molecule has 158 valence electrons. The first-order valence-electron chi connectivity index (χ1n) is 11.0. The molecule has 0 aromatic carbocycles. The van der Waals surface area contributed by atoms with Crippen LogP contribution in [0, 0.1) is 0 Å². The van der Waals surface area contributed by atoms with E-state index in [4.69, 9.17) is 5.11 Å². The van der Waals surface area contributed by atoms with Gasteiger partial charge in [0, 0.05) is 6.42 Å². The summed E-state index contributed by atoms with van der Waals surface area (Å²) in [5.41, 5.74) is 0. The van der Waals surface area contributed by atoms with Crippen LogP contribution >= 0.6 is 0 Å². The third-order valence-corrected chi connectivity index (χ3v) is 5.27. The van der Waals surface area contributed by atoms with Crippen LogP contribution < -0.4 is 17.0 Å². The van der Waals surface area contributed by atoms with Crippen LogP contribution in [0.4, 0.5) is 0 Å². The van der Waals surface area contributed by atoms with Crippen LogP contribution in [0.5, 0.6) is 0 Å². The quantitative estimate of drug-likeness (QED) is 0.249. The normalized spacial score (nSPS) is 11.3. The molecule has 0 unspecified atom stereocenters. The van der Waals surface area contributed by atoms with E-state index in [-0.39, 0.29) is 17.0 Å². The Morgan fingerprint density at radius 3 is 1.38 bits per heavy atom. The monoisotopic (exact) mass is 435 g/mol. The van der Waals surface area contributed by atoms with Crippen LogP contribution in [0.1, 0.15) is 110 Å². The van der Waals surface area contributed by atoms with Gasteiger partial charge in [-0.1, -0.05) is 71.1 Å². The zero-order valence-electron chi connectivity index (χ0n) is 17.9. The van der Waals surface area contributed by atoms with Crippen molar-refractivity contribution in [3.05, 3.63) is 0 Å². The van der Waals surface area contributed by atoms with Gasteiger partial charge in [0.05, 0.1) is 27.2 Å². The first-order valence-corrected chi connectivity index (χ1v) is 11.0. The van der Waals surface area contributed by atoms with Gasteiger partial charge >= 0.3 is 5.97 Å². The summed E-state index contributed by atoms with van der Waals surface area (Å²) in [6, 6.07) is 0. The summed E-state index contributed by atoms with van der Waals surface area (Å²) in [6.07, 6.45) is 20.2. The molecular formula is C22H46BrNO2. The van der Waals surface area contributed by atoms with Crippen LogP contribution in [0.25, 0.3) is 0 Å². The number of carbonyl (C=O) groups is 1. The molecule has 0 bridgehead atoms. The van der Waals surface area contributed by atoms with E-state index in [1.54, 1.807) is 0 Å². The van der Waals surface area contributed by atoms with E-state index in [0.29, 0.717) is 6.42 Å². The zero-order chi connectivity index (χ0) is 18.8. The molecule has 3 nitrogen and oxygen atoms in total. The maximum Gasteiger partial charge on any atom is 0.303 e. The summed E-state index contributed by atoms with van der Waals surface area (Å²) in [6.45, 7) is 4.72. The molecule has 0 amide bonds. The Kier molecular flexibility index (Phi) is 21.3. The van der Waals surface area contributed by atoms with Crippen molar-refractivity contribution in [2.75, 3.05) is 27.2 Å². The molecule has 0 aliphatic heterocycles. The molecule has 26 heavy (non-hydrogen) atoms. The maximum absolute atomic E-state index is 10.5. The topological polar surface area (TPSA) is 37.3 Å². The number of hydrogen-bond acceptors (Lipinski definition) is 1. The molecule has 0 fully saturated rings. The molecule has 0 spiro atoms.